The minimum Gasteiger partial charge on any atom is -0.314 e. The molecule has 2 atom stereocenters. The first-order chi connectivity index (χ1) is 8.75. The van der Waals surface area contributed by atoms with Crippen molar-refractivity contribution in [1.29, 1.82) is 0 Å². The van der Waals surface area contributed by atoms with E-state index in [-0.39, 0.29) is 0 Å². The van der Waals surface area contributed by atoms with Crippen LogP contribution in [0.4, 0.5) is 0 Å². The first-order valence-electron chi connectivity index (χ1n) is 7.13. The fourth-order valence-electron chi connectivity index (χ4n) is 3.13. The minimum absolute atomic E-state index is 0.574. The molecule has 0 amide bonds. The molecule has 0 aliphatic carbocycles. The lowest BCUT2D eigenvalue weighted by Crippen LogP contribution is -2.54. The van der Waals surface area contributed by atoms with Crippen LogP contribution < -0.4 is 5.32 Å². The van der Waals surface area contributed by atoms with Crippen LogP contribution in [0, 0.1) is 0 Å². The van der Waals surface area contributed by atoms with Crippen LogP contribution >= 0.6 is 0 Å². The van der Waals surface area contributed by atoms with Crippen molar-refractivity contribution in [1.82, 2.24) is 25.0 Å². The number of nitrogens with zero attached hydrogens (tertiary/aromatic N) is 4. The van der Waals surface area contributed by atoms with Gasteiger partial charge in [0, 0.05) is 38.1 Å². The number of piperazine rings is 1. The molecule has 5 nitrogen and oxygen atoms in total. The maximum atomic E-state index is 4.41. The van der Waals surface area contributed by atoms with Gasteiger partial charge in [0.05, 0.1) is 6.54 Å². The molecule has 3 heterocycles. The van der Waals surface area contributed by atoms with Gasteiger partial charge in [-0.05, 0) is 26.7 Å². The first-order valence-corrected chi connectivity index (χ1v) is 7.13. The SMILES string of the molecule is CC1CNCC(C)N1Cc1nnc2n1CCCC2. The van der Waals surface area contributed by atoms with Crippen LogP contribution in [0.25, 0.3) is 0 Å². The molecule has 0 radical (unpaired) electrons. The zero-order chi connectivity index (χ0) is 12.5. The summed E-state index contributed by atoms with van der Waals surface area (Å²) in [7, 11) is 0. The van der Waals surface area contributed by atoms with E-state index in [0.717, 1.165) is 38.4 Å². The predicted octanol–water partition coefficient (Wildman–Crippen LogP) is 0.797. The number of aromatic nitrogens is 3. The maximum absolute atomic E-state index is 4.41. The summed E-state index contributed by atoms with van der Waals surface area (Å²) in [5.41, 5.74) is 0. The van der Waals surface area contributed by atoms with Crippen molar-refractivity contribution in [3.8, 4) is 0 Å². The van der Waals surface area contributed by atoms with Gasteiger partial charge in [-0.25, -0.2) is 0 Å². The summed E-state index contributed by atoms with van der Waals surface area (Å²) in [6, 6.07) is 1.15. The van der Waals surface area contributed by atoms with Crippen LogP contribution in [-0.2, 0) is 19.5 Å². The van der Waals surface area contributed by atoms with Gasteiger partial charge >= 0.3 is 0 Å². The quantitative estimate of drug-likeness (QED) is 0.842. The van der Waals surface area contributed by atoms with E-state index >= 15 is 0 Å². The molecule has 1 aromatic heterocycles. The van der Waals surface area contributed by atoms with E-state index in [0.29, 0.717) is 12.1 Å². The van der Waals surface area contributed by atoms with Crippen molar-refractivity contribution in [2.45, 2.75) is 58.3 Å². The van der Waals surface area contributed by atoms with Crippen LogP contribution in [-0.4, -0.2) is 44.8 Å². The van der Waals surface area contributed by atoms with Gasteiger partial charge in [-0.1, -0.05) is 0 Å². The third-order valence-corrected chi connectivity index (χ3v) is 4.27. The van der Waals surface area contributed by atoms with Crippen molar-refractivity contribution in [3.63, 3.8) is 0 Å². The number of aryl methyl sites for hydroxylation is 1. The topological polar surface area (TPSA) is 46.0 Å². The van der Waals surface area contributed by atoms with Crippen LogP contribution in [0.5, 0.6) is 0 Å². The molecule has 1 N–H and O–H groups in total. The average Bonchev–Trinajstić information content (AvgIpc) is 2.77. The molecule has 2 unspecified atom stereocenters. The highest BCUT2D eigenvalue weighted by Crippen LogP contribution is 2.18. The van der Waals surface area contributed by atoms with Crippen LogP contribution in [0.1, 0.15) is 38.3 Å². The Morgan fingerprint density at radius 1 is 1.17 bits per heavy atom. The van der Waals surface area contributed by atoms with Crippen LogP contribution in [0.3, 0.4) is 0 Å². The fraction of sp³-hybridized carbons (Fsp3) is 0.846. The number of hydrogen-bond acceptors (Lipinski definition) is 4. The molecule has 0 spiro atoms. The predicted molar refractivity (Wildman–Crippen MR) is 70.3 cm³/mol. The van der Waals surface area contributed by atoms with Gasteiger partial charge in [-0.3, -0.25) is 4.90 Å². The van der Waals surface area contributed by atoms with Gasteiger partial charge in [0.2, 0.25) is 0 Å². The van der Waals surface area contributed by atoms with Gasteiger partial charge in [-0.15, -0.1) is 10.2 Å². The molecule has 1 fully saturated rings. The monoisotopic (exact) mass is 249 g/mol. The Balaban J connectivity index is 1.77. The highest BCUT2D eigenvalue weighted by Gasteiger charge is 2.27. The molecule has 2 aliphatic heterocycles. The number of rotatable bonds is 2. The van der Waals surface area contributed by atoms with Gasteiger partial charge in [0.1, 0.15) is 11.6 Å². The molecule has 18 heavy (non-hydrogen) atoms. The summed E-state index contributed by atoms with van der Waals surface area (Å²) >= 11 is 0. The molecular formula is C13H23N5. The summed E-state index contributed by atoms with van der Waals surface area (Å²) in [6.07, 6.45) is 3.63. The summed E-state index contributed by atoms with van der Waals surface area (Å²) < 4.78 is 2.34. The van der Waals surface area contributed by atoms with E-state index in [1.807, 2.05) is 0 Å². The number of fused-ring (bicyclic) bond motifs is 1. The molecular weight excluding hydrogens is 226 g/mol. The Hall–Kier alpha value is -0.940. The first kappa shape index (κ1) is 12.1. The Labute approximate surface area is 109 Å². The third kappa shape index (κ3) is 2.17. The Bertz CT molecular complexity index is 404. The van der Waals surface area contributed by atoms with Crippen molar-refractivity contribution in [2.24, 2.45) is 0 Å². The highest BCUT2D eigenvalue weighted by molar-refractivity contribution is 5.00. The van der Waals surface area contributed by atoms with Crippen LogP contribution in [0.2, 0.25) is 0 Å². The van der Waals surface area contributed by atoms with Gasteiger partial charge in [0.25, 0.3) is 0 Å². The molecule has 3 rings (SSSR count). The molecule has 0 saturated carbocycles. The van der Waals surface area contributed by atoms with E-state index in [1.54, 1.807) is 0 Å². The largest absolute Gasteiger partial charge is 0.314 e. The maximum Gasteiger partial charge on any atom is 0.147 e. The lowest BCUT2D eigenvalue weighted by atomic mass is 10.1. The Morgan fingerprint density at radius 2 is 1.94 bits per heavy atom. The second-order valence-corrected chi connectivity index (χ2v) is 5.67. The Kier molecular flexibility index (Phi) is 3.35. The van der Waals surface area contributed by atoms with Gasteiger partial charge in [-0.2, -0.15) is 0 Å². The van der Waals surface area contributed by atoms with E-state index in [9.17, 15) is 0 Å². The molecule has 1 aromatic rings. The van der Waals surface area contributed by atoms with E-state index < -0.39 is 0 Å². The van der Waals surface area contributed by atoms with E-state index in [4.69, 9.17) is 0 Å². The van der Waals surface area contributed by atoms with Crippen molar-refractivity contribution >= 4 is 0 Å². The highest BCUT2D eigenvalue weighted by atomic mass is 15.3. The van der Waals surface area contributed by atoms with Crippen molar-refractivity contribution < 1.29 is 0 Å². The molecule has 0 aromatic carbocycles. The molecule has 5 heteroatoms. The summed E-state index contributed by atoms with van der Waals surface area (Å²) in [5, 5.41) is 12.2. The lowest BCUT2D eigenvalue weighted by molar-refractivity contribution is 0.103. The average molecular weight is 249 g/mol. The second-order valence-electron chi connectivity index (χ2n) is 5.67. The molecule has 100 valence electrons. The lowest BCUT2D eigenvalue weighted by Gasteiger charge is -2.39. The molecule has 1 saturated heterocycles. The summed E-state index contributed by atoms with van der Waals surface area (Å²) in [4.78, 5) is 2.54. The smallest absolute Gasteiger partial charge is 0.147 e. The Morgan fingerprint density at radius 3 is 2.72 bits per heavy atom. The fourth-order valence-corrected chi connectivity index (χ4v) is 3.13. The van der Waals surface area contributed by atoms with Gasteiger partial charge in [0.15, 0.2) is 0 Å². The van der Waals surface area contributed by atoms with E-state index in [2.05, 4.69) is 38.8 Å². The third-order valence-electron chi connectivity index (χ3n) is 4.27. The zero-order valence-electron chi connectivity index (χ0n) is 11.4. The van der Waals surface area contributed by atoms with Gasteiger partial charge < -0.3 is 9.88 Å². The summed E-state index contributed by atoms with van der Waals surface area (Å²) in [5.74, 6) is 2.34. The number of hydrogen-bond donors (Lipinski definition) is 1. The minimum atomic E-state index is 0.574. The second kappa shape index (κ2) is 4.97. The van der Waals surface area contributed by atoms with Crippen LogP contribution in [0.15, 0.2) is 0 Å². The zero-order valence-corrected chi connectivity index (χ0v) is 11.4. The van der Waals surface area contributed by atoms with Crippen molar-refractivity contribution in [3.05, 3.63) is 11.6 Å². The summed E-state index contributed by atoms with van der Waals surface area (Å²) in [6.45, 7) is 8.77. The normalized spacial score (nSPS) is 29.2. The molecule has 0 bridgehead atoms. The number of nitrogens with one attached hydrogen (secondary N) is 1. The van der Waals surface area contributed by atoms with Crippen molar-refractivity contribution in [2.75, 3.05) is 13.1 Å². The van der Waals surface area contributed by atoms with E-state index in [1.165, 1.54) is 18.7 Å². The molecule has 2 aliphatic rings. The standard InChI is InChI=1S/C13H23N5/c1-10-7-14-8-11(2)18(10)9-13-16-15-12-5-3-4-6-17(12)13/h10-11,14H,3-9H2,1-2H3.